The Morgan fingerprint density at radius 2 is 2.05 bits per heavy atom. The Labute approximate surface area is 125 Å². The molecule has 0 saturated carbocycles. The van der Waals surface area contributed by atoms with Crippen LogP contribution in [-0.2, 0) is 31.5 Å². The van der Waals surface area contributed by atoms with Crippen LogP contribution in [-0.4, -0.2) is 23.5 Å². The Kier molecular flexibility index (Phi) is 5.78. The smallest absolute Gasteiger partial charge is 0.124 e. The number of nitrogens with zero attached hydrogens (tertiary/aromatic N) is 2. The molecule has 21 heavy (non-hydrogen) atoms. The van der Waals surface area contributed by atoms with Crippen LogP contribution in [0.5, 0.6) is 5.75 Å². The molecule has 0 fully saturated rings. The van der Waals surface area contributed by atoms with Crippen molar-refractivity contribution in [2.24, 2.45) is 7.05 Å². The van der Waals surface area contributed by atoms with Crippen LogP contribution < -0.4 is 10.1 Å². The molecule has 0 aliphatic carbocycles. The van der Waals surface area contributed by atoms with Gasteiger partial charge in [-0.25, -0.2) is 0 Å². The van der Waals surface area contributed by atoms with Gasteiger partial charge in [-0.1, -0.05) is 6.07 Å². The van der Waals surface area contributed by atoms with Gasteiger partial charge in [-0.3, -0.25) is 4.68 Å². The van der Waals surface area contributed by atoms with Crippen molar-refractivity contribution >= 4 is 0 Å². The summed E-state index contributed by atoms with van der Waals surface area (Å²) in [7, 11) is 3.61. The zero-order valence-corrected chi connectivity index (χ0v) is 12.9. The van der Waals surface area contributed by atoms with Gasteiger partial charge in [-0.15, -0.1) is 0 Å². The highest BCUT2D eigenvalue weighted by atomic mass is 16.5. The van der Waals surface area contributed by atoms with E-state index in [2.05, 4.69) is 22.5 Å². The molecule has 1 heterocycles. The van der Waals surface area contributed by atoms with Crippen molar-refractivity contribution in [2.75, 3.05) is 13.7 Å². The van der Waals surface area contributed by atoms with Gasteiger partial charge in [0, 0.05) is 44.1 Å². The van der Waals surface area contributed by atoms with Crippen molar-refractivity contribution in [1.29, 1.82) is 0 Å². The van der Waals surface area contributed by atoms with Gasteiger partial charge in [0.15, 0.2) is 0 Å². The second-order valence-corrected chi connectivity index (χ2v) is 4.91. The van der Waals surface area contributed by atoms with Crippen molar-refractivity contribution in [3.63, 3.8) is 0 Å². The molecule has 2 aromatic rings. The van der Waals surface area contributed by atoms with Gasteiger partial charge in [0.25, 0.3) is 0 Å². The molecule has 0 aliphatic rings. The third-order valence-electron chi connectivity index (χ3n) is 3.22. The van der Waals surface area contributed by atoms with E-state index in [0.717, 1.165) is 24.4 Å². The first-order chi connectivity index (χ1) is 10.2. The maximum atomic E-state index is 5.48. The zero-order valence-electron chi connectivity index (χ0n) is 12.9. The van der Waals surface area contributed by atoms with E-state index >= 15 is 0 Å². The second kappa shape index (κ2) is 7.81. The third kappa shape index (κ3) is 4.58. The highest BCUT2D eigenvalue weighted by Gasteiger charge is 2.05. The van der Waals surface area contributed by atoms with Gasteiger partial charge in [0.2, 0.25) is 0 Å². The summed E-state index contributed by atoms with van der Waals surface area (Å²) in [6.45, 7) is 4.88. The van der Waals surface area contributed by atoms with E-state index < -0.39 is 0 Å². The average molecular weight is 289 g/mol. The van der Waals surface area contributed by atoms with E-state index in [9.17, 15) is 0 Å². The molecule has 0 bridgehead atoms. The summed E-state index contributed by atoms with van der Waals surface area (Å²) in [5.74, 6) is 0.874. The predicted octanol–water partition coefficient (Wildman–Crippen LogP) is 2.25. The van der Waals surface area contributed by atoms with E-state index in [4.69, 9.17) is 9.47 Å². The molecule has 0 radical (unpaired) electrons. The maximum Gasteiger partial charge on any atom is 0.124 e. The molecular formula is C16H23N3O2. The molecule has 0 amide bonds. The number of ether oxygens (including phenoxy) is 2. The lowest BCUT2D eigenvalue weighted by Crippen LogP contribution is -2.12. The number of aromatic nitrogens is 2. The maximum absolute atomic E-state index is 5.48. The molecule has 1 aromatic carbocycles. The highest BCUT2D eigenvalue weighted by molar-refractivity contribution is 5.36. The third-order valence-corrected chi connectivity index (χ3v) is 3.22. The average Bonchev–Trinajstić information content (AvgIpc) is 2.91. The van der Waals surface area contributed by atoms with Crippen LogP contribution >= 0.6 is 0 Å². The monoisotopic (exact) mass is 289 g/mol. The quantitative estimate of drug-likeness (QED) is 0.810. The molecule has 0 aliphatic heterocycles. The van der Waals surface area contributed by atoms with Crippen molar-refractivity contribution < 1.29 is 9.47 Å². The van der Waals surface area contributed by atoms with Gasteiger partial charge in [0.05, 0.1) is 19.9 Å². The van der Waals surface area contributed by atoms with Crippen LogP contribution in [0.2, 0.25) is 0 Å². The second-order valence-electron chi connectivity index (χ2n) is 4.91. The van der Waals surface area contributed by atoms with E-state index in [-0.39, 0.29) is 0 Å². The summed E-state index contributed by atoms with van der Waals surface area (Å²) < 4.78 is 12.7. The number of rotatable bonds is 8. The van der Waals surface area contributed by atoms with Gasteiger partial charge in [-0.05, 0) is 24.6 Å². The molecule has 114 valence electrons. The van der Waals surface area contributed by atoms with E-state index in [1.165, 1.54) is 11.1 Å². The normalized spacial score (nSPS) is 10.8. The number of methoxy groups -OCH3 is 1. The first-order valence-corrected chi connectivity index (χ1v) is 7.14. The minimum absolute atomic E-state index is 0.579. The SMILES string of the molecule is CCOCc1cc(CNCc2cnn(C)c2)ccc1OC. The fraction of sp³-hybridized carbons (Fsp3) is 0.438. The van der Waals surface area contributed by atoms with Crippen molar-refractivity contribution in [1.82, 2.24) is 15.1 Å². The Hall–Kier alpha value is -1.85. The number of hydrogen-bond acceptors (Lipinski definition) is 4. The standard InChI is InChI=1S/C16H23N3O2/c1-4-21-12-15-7-13(5-6-16(15)20-3)8-17-9-14-10-18-19(2)11-14/h5-7,10-11,17H,4,8-9,12H2,1-3H3. The molecule has 2 rings (SSSR count). The van der Waals surface area contributed by atoms with Gasteiger partial charge >= 0.3 is 0 Å². The molecule has 0 spiro atoms. The van der Waals surface area contributed by atoms with Crippen molar-refractivity contribution in [3.05, 3.63) is 47.3 Å². The lowest BCUT2D eigenvalue weighted by atomic mass is 10.1. The Bertz CT molecular complexity index is 566. The molecular weight excluding hydrogens is 266 g/mol. The number of nitrogens with one attached hydrogen (secondary N) is 1. The highest BCUT2D eigenvalue weighted by Crippen LogP contribution is 2.20. The van der Waals surface area contributed by atoms with Crippen LogP contribution in [0.4, 0.5) is 0 Å². The summed E-state index contributed by atoms with van der Waals surface area (Å²) in [5.41, 5.74) is 3.48. The first-order valence-electron chi connectivity index (χ1n) is 7.14. The predicted molar refractivity (Wildman–Crippen MR) is 82.1 cm³/mol. The minimum Gasteiger partial charge on any atom is -0.496 e. The summed E-state index contributed by atoms with van der Waals surface area (Å²) in [5, 5.41) is 7.57. The van der Waals surface area contributed by atoms with Crippen molar-refractivity contribution in [3.8, 4) is 5.75 Å². The zero-order chi connectivity index (χ0) is 15.1. The van der Waals surface area contributed by atoms with E-state index in [0.29, 0.717) is 13.2 Å². The van der Waals surface area contributed by atoms with Crippen LogP contribution in [0.1, 0.15) is 23.6 Å². The summed E-state index contributed by atoms with van der Waals surface area (Å²) >= 11 is 0. The van der Waals surface area contributed by atoms with Gasteiger partial charge in [-0.2, -0.15) is 5.10 Å². The van der Waals surface area contributed by atoms with Crippen molar-refractivity contribution in [2.45, 2.75) is 26.6 Å². The number of aryl methyl sites for hydroxylation is 1. The summed E-state index contributed by atoms with van der Waals surface area (Å²) in [6.07, 6.45) is 3.89. The molecule has 1 aromatic heterocycles. The Balaban J connectivity index is 1.93. The molecule has 0 unspecified atom stereocenters. The van der Waals surface area contributed by atoms with Gasteiger partial charge in [0.1, 0.15) is 5.75 Å². The van der Waals surface area contributed by atoms with Crippen LogP contribution in [0.3, 0.4) is 0 Å². The lowest BCUT2D eigenvalue weighted by Gasteiger charge is -2.11. The van der Waals surface area contributed by atoms with E-state index in [1.54, 1.807) is 7.11 Å². The number of benzene rings is 1. The van der Waals surface area contributed by atoms with E-state index in [1.807, 2.05) is 37.1 Å². The fourth-order valence-electron chi connectivity index (χ4n) is 2.18. The summed E-state index contributed by atoms with van der Waals surface area (Å²) in [4.78, 5) is 0. The van der Waals surface area contributed by atoms with Crippen LogP contribution in [0.15, 0.2) is 30.6 Å². The molecule has 0 saturated heterocycles. The Morgan fingerprint density at radius 3 is 2.71 bits per heavy atom. The number of hydrogen-bond donors (Lipinski definition) is 1. The van der Waals surface area contributed by atoms with Gasteiger partial charge < -0.3 is 14.8 Å². The molecule has 5 nitrogen and oxygen atoms in total. The summed E-state index contributed by atoms with van der Waals surface area (Å²) in [6, 6.07) is 6.20. The van der Waals surface area contributed by atoms with Crippen LogP contribution in [0.25, 0.3) is 0 Å². The Morgan fingerprint density at radius 1 is 1.24 bits per heavy atom. The largest absolute Gasteiger partial charge is 0.496 e. The van der Waals surface area contributed by atoms with Crippen LogP contribution in [0, 0.1) is 0 Å². The lowest BCUT2D eigenvalue weighted by molar-refractivity contribution is 0.132. The molecule has 5 heteroatoms. The topological polar surface area (TPSA) is 48.3 Å². The molecule has 1 N–H and O–H groups in total. The molecule has 0 atom stereocenters. The first kappa shape index (κ1) is 15.5. The minimum atomic E-state index is 0.579. The fourth-order valence-corrected chi connectivity index (χ4v) is 2.18.